The van der Waals surface area contributed by atoms with Crippen LogP contribution in [0.1, 0.15) is 6.42 Å². The summed E-state index contributed by atoms with van der Waals surface area (Å²) in [6, 6.07) is 0. The van der Waals surface area contributed by atoms with Crippen LogP contribution >= 0.6 is 8.38 Å². The molecule has 0 aliphatic carbocycles. The van der Waals surface area contributed by atoms with Crippen molar-refractivity contribution in [3.05, 3.63) is 0 Å². The lowest BCUT2D eigenvalue weighted by Gasteiger charge is -2.17. The van der Waals surface area contributed by atoms with Crippen LogP contribution in [0.25, 0.3) is 0 Å². The molecular weight excluding hydrogens is 125 g/mol. The van der Waals surface area contributed by atoms with Gasteiger partial charge in [-0.3, -0.25) is 0 Å². The summed E-state index contributed by atoms with van der Waals surface area (Å²) in [7, 11) is -0.492. The third kappa shape index (κ3) is 2.58. The molecule has 1 rings (SSSR count). The first-order valence-corrected chi connectivity index (χ1v) is 4.01. The van der Waals surface area contributed by atoms with Crippen LogP contribution in [0, 0.1) is 0 Å². The Bertz CT molecular complexity index is 56.0. The van der Waals surface area contributed by atoms with Gasteiger partial charge in [0.05, 0.1) is 13.2 Å². The Balaban J connectivity index is 0.000000490. The van der Waals surface area contributed by atoms with E-state index < -0.39 is 8.38 Å². The highest BCUT2D eigenvalue weighted by atomic mass is 31.2. The van der Waals surface area contributed by atoms with Gasteiger partial charge in [-0.1, -0.05) is 0 Å². The molecule has 1 aliphatic rings. The molecule has 0 atom stereocenters. The van der Waals surface area contributed by atoms with Crippen LogP contribution in [0.2, 0.25) is 0 Å². The monoisotopic (exact) mass is 137 g/mol. The molecule has 0 aromatic heterocycles. The molecule has 1 fully saturated rings. The minimum Gasteiger partial charge on any atom is -0.344 e. The smallest absolute Gasteiger partial charge is 0.167 e. The van der Waals surface area contributed by atoms with Crippen LogP contribution in [0.5, 0.6) is 0 Å². The van der Waals surface area contributed by atoms with Gasteiger partial charge in [0.1, 0.15) is 0 Å². The predicted molar refractivity (Wildman–Crippen MR) is 34.4 cm³/mol. The summed E-state index contributed by atoms with van der Waals surface area (Å²) in [6.45, 7) is 3.76. The summed E-state index contributed by atoms with van der Waals surface area (Å²) >= 11 is 0. The highest BCUT2D eigenvalue weighted by molar-refractivity contribution is 7.46. The van der Waals surface area contributed by atoms with Crippen LogP contribution in [-0.4, -0.2) is 19.9 Å². The second-order valence-corrected chi connectivity index (χ2v) is 2.86. The van der Waals surface area contributed by atoms with Gasteiger partial charge in [0.2, 0.25) is 0 Å². The Hall–Kier alpha value is 0.310. The fourth-order valence-electron chi connectivity index (χ4n) is 0.482. The molecule has 50 valence electrons. The van der Waals surface area contributed by atoms with E-state index in [0.29, 0.717) is 0 Å². The van der Waals surface area contributed by atoms with Gasteiger partial charge in [0.15, 0.2) is 8.38 Å². The molecule has 1 aliphatic heterocycles. The Morgan fingerprint density at radius 1 is 1.25 bits per heavy atom. The molecule has 8 heavy (non-hydrogen) atoms. The van der Waals surface area contributed by atoms with E-state index in [-0.39, 0.29) is 6.15 Å². The molecule has 0 radical (unpaired) electrons. The maximum Gasteiger partial charge on any atom is 0.167 e. The zero-order valence-corrected chi connectivity index (χ0v) is 5.99. The van der Waals surface area contributed by atoms with E-state index >= 15 is 0 Å². The molecule has 1 saturated heterocycles. The molecule has 3 nitrogen and oxygen atoms in total. The molecular formula is C4H12NO2P. The van der Waals surface area contributed by atoms with Crippen LogP contribution in [0.15, 0.2) is 0 Å². The highest BCUT2D eigenvalue weighted by Gasteiger charge is 2.06. The minimum atomic E-state index is -0.492. The van der Waals surface area contributed by atoms with Crippen molar-refractivity contribution in [3.8, 4) is 0 Å². The molecule has 0 amide bonds. The van der Waals surface area contributed by atoms with Crippen molar-refractivity contribution in [2.24, 2.45) is 0 Å². The Labute approximate surface area is 50.9 Å². The lowest BCUT2D eigenvalue weighted by molar-refractivity contribution is 0.185. The van der Waals surface area contributed by atoms with Crippen molar-refractivity contribution in [1.29, 1.82) is 0 Å². The van der Waals surface area contributed by atoms with Gasteiger partial charge in [-0.2, -0.15) is 0 Å². The SMILES string of the molecule is CP1OCCCO1.N. The van der Waals surface area contributed by atoms with Crippen molar-refractivity contribution in [2.45, 2.75) is 6.42 Å². The molecule has 1 heterocycles. The van der Waals surface area contributed by atoms with E-state index in [4.69, 9.17) is 9.05 Å². The normalized spacial score (nSPS) is 22.1. The minimum absolute atomic E-state index is 0. The van der Waals surface area contributed by atoms with Gasteiger partial charge in [0.25, 0.3) is 0 Å². The van der Waals surface area contributed by atoms with Crippen molar-refractivity contribution < 1.29 is 9.05 Å². The van der Waals surface area contributed by atoms with Crippen LogP contribution in [0.4, 0.5) is 0 Å². The molecule has 0 saturated carbocycles. The predicted octanol–water partition coefficient (Wildman–Crippen LogP) is 1.53. The van der Waals surface area contributed by atoms with E-state index in [1.54, 1.807) is 0 Å². The highest BCUT2D eigenvalue weighted by Crippen LogP contribution is 2.36. The van der Waals surface area contributed by atoms with Gasteiger partial charge < -0.3 is 15.2 Å². The van der Waals surface area contributed by atoms with Gasteiger partial charge in [-0.25, -0.2) is 0 Å². The van der Waals surface area contributed by atoms with E-state index in [1.807, 2.05) is 6.66 Å². The molecule has 0 aromatic rings. The van der Waals surface area contributed by atoms with Crippen molar-refractivity contribution in [1.82, 2.24) is 6.15 Å². The number of rotatable bonds is 0. The van der Waals surface area contributed by atoms with E-state index in [9.17, 15) is 0 Å². The topological polar surface area (TPSA) is 53.5 Å². The lowest BCUT2D eigenvalue weighted by atomic mass is 10.5. The Morgan fingerprint density at radius 2 is 1.75 bits per heavy atom. The summed E-state index contributed by atoms with van der Waals surface area (Å²) in [5.41, 5.74) is 0. The third-order valence-electron chi connectivity index (χ3n) is 0.835. The first-order valence-electron chi connectivity index (χ1n) is 2.39. The fraction of sp³-hybridized carbons (Fsp3) is 1.00. The summed E-state index contributed by atoms with van der Waals surface area (Å²) < 4.78 is 10.2. The Kier molecular flexibility index (Phi) is 4.38. The summed E-state index contributed by atoms with van der Waals surface area (Å²) in [4.78, 5) is 0. The molecule has 3 N–H and O–H groups in total. The molecule has 0 aromatic carbocycles. The van der Waals surface area contributed by atoms with E-state index in [0.717, 1.165) is 19.6 Å². The number of hydrogen-bond acceptors (Lipinski definition) is 3. The van der Waals surface area contributed by atoms with E-state index in [2.05, 4.69) is 0 Å². The van der Waals surface area contributed by atoms with Crippen molar-refractivity contribution in [2.75, 3.05) is 19.9 Å². The van der Waals surface area contributed by atoms with Crippen LogP contribution in [0.3, 0.4) is 0 Å². The summed E-state index contributed by atoms with van der Waals surface area (Å²) in [5.74, 6) is 0. The summed E-state index contributed by atoms with van der Waals surface area (Å²) in [5, 5.41) is 0. The lowest BCUT2D eigenvalue weighted by Crippen LogP contribution is -2.03. The van der Waals surface area contributed by atoms with Crippen molar-refractivity contribution in [3.63, 3.8) is 0 Å². The summed E-state index contributed by atoms with van der Waals surface area (Å²) in [6.07, 6.45) is 1.06. The molecule has 0 bridgehead atoms. The van der Waals surface area contributed by atoms with Gasteiger partial charge in [-0.05, 0) is 6.42 Å². The maximum atomic E-state index is 5.12. The maximum absolute atomic E-state index is 5.12. The van der Waals surface area contributed by atoms with Crippen LogP contribution in [-0.2, 0) is 9.05 Å². The quantitative estimate of drug-likeness (QED) is 0.515. The standard InChI is InChI=1S/C4H9O2P.H3N/c1-7-5-3-2-4-6-7;/h2-4H2,1H3;1H3. The molecule has 4 heteroatoms. The third-order valence-corrected chi connectivity index (χ3v) is 1.93. The zero-order valence-electron chi connectivity index (χ0n) is 5.09. The second kappa shape index (κ2) is 4.21. The Morgan fingerprint density at radius 3 is 2.00 bits per heavy atom. The zero-order chi connectivity index (χ0) is 5.11. The first-order chi connectivity index (χ1) is 3.39. The average Bonchev–Trinajstić information content (AvgIpc) is 1.69. The molecule has 0 unspecified atom stereocenters. The van der Waals surface area contributed by atoms with Crippen LogP contribution < -0.4 is 6.15 Å². The van der Waals surface area contributed by atoms with Gasteiger partial charge in [0, 0.05) is 6.66 Å². The first kappa shape index (κ1) is 8.31. The van der Waals surface area contributed by atoms with E-state index in [1.165, 1.54) is 0 Å². The number of hydrogen-bond donors (Lipinski definition) is 1. The van der Waals surface area contributed by atoms with Crippen molar-refractivity contribution >= 4 is 8.38 Å². The largest absolute Gasteiger partial charge is 0.344 e. The molecule has 0 spiro atoms. The van der Waals surface area contributed by atoms with Gasteiger partial charge in [-0.15, -0.1) is 0 Å². The average molecular weight is 137 g/mol. The fourth-order valence-corrected chi connectivity index (χ4v) is 1.33. The van der Waals surface area contributed by atoms with Gasteiger partial charge >= 0.3 is 0 Å². The second-order valence-electron chi connectivity index (χ2n) is 1.46.